The van der Waals surface area contributed by atoms with Gasteiger partial charge >= 0.3 is 7.82 Å². The van der Waals surface area contributed by atoms with Gasteiger partial charge in [-0.15, -0.1) is 0 Å². The molecule has 184 valence electrons. The van der Waals surface area contributed by atoms with Crippen LogP contribution in [-0.2, 0) is 37.2 Å². The molecule has 2 aliphatic carbocycles. The number of piperidine rings is 1. The van der Waals surface area contributed by atoms with Crippen molar-refractivity contribution in [3.8, 4) is 0 Å². The van der Waals surface area contributed by atoms with Crippen LogP contribution in [0.3, 0.4) is 0 Å². The number of phosphoric ester groups is 1. The summed E-state index contributed by atoms with van der Waals surface area (Å²) < 4.78 is 40.6. The minimum absolute atomic E-state index is 0.0704. The highest BCUT2D eigenvalue weighted by molar-refractivity contribution is 7.48. The number of hydrogen-bond donors (Lipinski definition) is 3. The third-order valence-corrected chi connectivity index (χ3v) is 8.51. The molecule has 7 atom stereocenters. The number of amides is 2. The fourth-order valence-electron chi connectivity index (χ4n) is 5.40. The molecule has 4 heterocycles. The molecule has 0 aromatic heterocycles. The van der Waals surface area contributed by atoms with Crippen LogP contribution in [0.2, 0.25) is 0 Å². The number of nitrogens with zero attached hydrogens (tertiary/aromatic N) is 1. The van der Waals surface area contributed by atoms with E-state index in [2.05, 4.69) is 5.32 Å². The Morgan fingerprint density at radius 3 is 2.82 bits per heavy atom. The number of rotatable bonds is 3. The van der Waals surface area contributed by atoms with Gasteiger partial charge in [0.2, 0.25) is 24.4 Å². The Morgan fingerprint density at radius 2 is 1.97 bits per heavy atom. The van der Waals surface area contributed by atoms with E-state index in [9.17, 15) is 24.4 Å². The van der Waals surface area contributed by atoms with Gasteiger partial charge in [0, 0.05) is 18.9 Å². The van der Waals surface area contributed by atoms with Crippen LogP contribution < -0.4 is 5.32 Å². The highest BCUT2D eigenvalue weighted by Crippen LogP contribution is 2.61. The van der Waals surface area contributed by atoms with Crippen molar-refractivity contribution in [2.75, 3.05) is 20.1 Å². The number of carbonyl (C=O) groups is 2. The Hall–Kier alpha value is -2.37. The molecule has 0 saturated carbocycles. The first-order valence-corrected chi connectivity index (χ1v) is 12.8. The first-order chi connectivity index (χ1) is 16.3. The standard InChI is InChI=1S/C21H25N2O10P/c24-12-6-11-10-7-13-19(30-9-29-13)17(26)15(10)21(27)22-16(11)20-18(12)32-34(28,33-20)31-8-23-5-3-1-2-4-14(23)25/h6-7,10,12,15-16,18,20,24,26H,1-5,8-9H2,(H,22,27)/t10?,12-,15?,16+,18+,20-,34?/m0/s1. The smallest absolute Gasteiger partial charge is 0.477 e. The minimum atomic E-state index is -4.13. The molecule has 3 N–H and O–H groups in total. The van der Waals surface area contributed by atoms with E-state index in [0.29, 0.717) is 24.3 Å². The van der Waals surface area contributed by atoms with Crippen LogP contribution in [-0.4, -0.2) is 71.3 Å². The van der Waals surface area contributed by atoms with Crippen molar-refractivity contribution < 1.29 is 47.4 Å². The number of ether oxygens (including phenoxy) is 2. The van der Waals surface area contributed by atoms with Gasteiger partial charge in [-0.2, -0.15) is 0 Å². The quantitative estimate of drug-likeness (QED) is 0.380. The fourth-order valence-corrected chi connectivity index (χ4v) is 6.93. The Balaban J connectivity index is 1.23. The third kappa shape index (κ3) is 3.47. The number of carbonyl (C=O) groups excluding carboxylic acids is 2. The largest absolute Gasteiger partial charge is 0.507 e. The van der Waals surface area contributed by atoms with Gasteiger partial charge in [-0.3, -0.25) is 23.2 Å². The van der Waals surface area contributed by atoms with Crippen molar-refractivity contribution in [3.05, 3.63) is 35.0 Å². The topological polar surface area (TPSA) is 153 Å². The molecule has 0 bridgehead atoms. The Bertz CT molecular complexity index is 1070. The molecule has 2 amide bonds. The average molecular weight is 496 g/mol. The molecule has 13 heteroatoms. The lowest BCUT2D eigenvalue weighted by atomic mass is 9.70. The normalized spacial score (nSPS) is 41.1. The number of fused-ring (bicyclic) bond motifs is 6. The van der Waals surface area contributed by atoms with Crippen molar-refractivity contribution >= 4 is 19.6 Å². The van der Waals surface area contributed by atoms with Gasteiger partial charge < -0.3 is 29.9 Å². The number of allylic oxidation sites excluding steroid dienone is 1. The summed E-state index contributed by atoms with van der Waals surface area (Å²) in [5.74, 6) is -1.92. The zero-order valence-corrected chi connectivity index (χ0v) is 19.0. The lowest BCUT2D eigenvalue weighted by Crippen LogP contribution is -2.61. The summed E-state index contributed by atoms with van der Waals surface area (Å²) in [6, 6.07) is -0.769. The number of nitrogens with one attached hydrogen (secondary N) is 1. The van der Waals surface area contributed by atoms with Crippen LogP contribution in [0, 0.1) is 11.8 Å². The maximum absolute atomic E-state index is 13.3. The van der Waals surface area contributed by atoms with Gasteiger partial charge in [-0.25, -0.2) is 4.57 Å². The molecule has 0 spiro atoms. The molecule has 3 unspecified atom stereocenters. The first-order valence-electron chi connectivity index (χ1n) is 11.3. The summed E-state index contributed by atoms with van der Waals surface area (Å²) in [5, 5.41) is 24.2. The molecule has 0 radical (unpaired) electrons. The SMILES string of the molecule is O=C1N[C@@H]2C(=C[C@H](O)[C@H]3OP(=O)(OCN4CCCCCC4=O)O[C@H]32)C2C=C3OCOC3=C(O)C12. The third-order valence-electron chi connectivity index (χ3n) is 7.08. The molecule has 6 aliphatic rings. The van der Waals surface area contributed by atoms with Crippen molar-refractivity contribution in [2.45, 2.75) is 50.0 Å². The first kappa shape index (κ1) is 22.1. The number of hydrogen-bond acceptors (Lipinski definition) is 10. The second kappa shape index (κ2) is 8.10. The fraction of sp³-hybridized carbons (Fsp3) is 0.619. The summed E-state index contributed by atoms with van der Waals surface area (Å²) in [7, 11) is -4.13. The predicted molar refractivity (Wildman–Crippen MR) is 111 cm³/mol. The second-order valence-electron chi connectivity index (χ2n) is 9.11. The van der Waals surface area contributed by atoms with Crippen molar-refractivity contribution in [2.24, 2.45) is 11.8 Å². The second-order valence-corrected chi connectivity index (χ2v) is 10.7. The van der Waals surface area contributed by atoms with Gasteiger partial charge in [0.25, 0.3) is 0 Å². The molecule has 0 aromatic rings. The molecule has 6 rings (SSSR count). The highest BCUT2D eigenvalue weighted by atomic mass is 31.2. The van der Waals surface area contributed by atoms with Crippen LogP contribution in [0.15, 0.2) is 35.0 Å². The van der Waals surface area contributed by atoms with E-state index in [1.165, 1.54) is 11.0 Å². The van der Waals surface area contributed by atoms with Gasteiger partial charge in [0.1, 0.15) is 31.0 Å². The molecular formula is C21H25N2O10P. The summed E-state index contributed by atoms with van der Waals surface area (Å²) in [6.45, 7) is 0.166. The zero-order valence-electron chi connectivity index (χ0n) is 18.1. The molecule has 4 fully saturated rings. The van der Waals surface area contributed by atoms with Crippen LogP contribution >= 0.6 is 7.82 Å². The van der Waals surface area contributed by atoms with Crippen molar-refractivity contribution in [3.63, 3.8) is 0 Å². The monoisotopic (exact) mass is 496 g/mol. The van der Waals surface area contributed by atoms with E-state index in [1.54, 1.807) is 6.08 Å². The van der Waals surface area contributed by atoms with E-state index in [-0.39, 0.29) is 30.9 Å². The van der Waals surface area contributed by atoms with Crippen molar-refractivity contribution in [1.82, 2.24) is 10.2 Å². The maximum Gasteiger partial charge on any atom is 0.477 e. The van der Waals surface area contributed by atoms with Crippen LogP contribution in [0.1, 0.15) is 25.7 Å². The average Bonchev–Trinajstić information content (AvgIpc) is 3.36. The van der Waals surface area contributed by atoms with E-state index in [1.807, 2.05) is 0 Å². The molecule has 12 nitrogen and oxygen atoms in total. The Morgan fingerprint density at radius 1 is 1.15 bits per heavy atom. The molecule has 4 saturated heterocycles. The molecule has 34 heavy (non-hydrogen) atoms. The summed E-state index contributed by atoms with van der Waals surface area (Å²) >= 11 is 0. The number of likely N-dealkylation sites (tertiary alicyclic amines) is 1. The summed E-state index contributed by atoms with van der Waals surface area (Å²) in [5.41, 5.74) is 0.576. The molecule has 0 aromatic carbocycles. The lowest BCUT2D eigenvalue weighted by molar-refractivity contribution is -0.134. The van der Waals surface area contributed by atoms with Crippen LogP contribution in [0.25, 0.3) is 0 Å². The Kier molecular flexibility index (Phi) is 5.27. The van der Waals surface area contributed by atoms with Gasteiger partial charge in [0.05, 0.1) is 6.04 Å². The molecule has 4 aliphatic heterocycles. The van der Waals surface area contributed by atoms with E-state index in [0.717, 1.165) is 19.3 Å². The van der Waals surface area contributed by atoms with E-state index < -0.39 is 49.9 Å². The van der Waals surface area contributed by atoms with E-state index >= 15 is 0 Å². The summed E-state index contributed by atoms with van der Waals surface area (Å²) in [6.07, 6.45) is 2.92. The van der Waals surface area contributed by atoms with Gasteiger partial charge in [0.15, 0.2) is 11.5 Å². The highest BCUT2D eigenvalue weighted by Gasteiger charge is 2.59. The molecular weight excluding hydrogens is 471 g/mol. The Labute approximate surface area is 194 Å². The zero-order chi connectivity index (χ0) is 23.6. The minimum Gasteiger partial charge on any atom is -0.507 e. The number of aliphatic hydroxyl groups excluding tert-OH is 2. The summed E-state index contributed by atoms with van der Waals surface area (Å²) in [4.78, 5) is 26.6. The van der Waals surface area contributed by atoms with Crippen LogP contribution in [0.5, 0.6) is 0 Å². The number of phosphoric acid groups is 1. The maximum atomic E-state index is 13.3. The number of aliphatic hydroxyl groups is 2. The van der Waals surface area contributed by atoms with Gasteiger partial charge in [-0.1, -0.05) is 12.5 Å². The van der Waals surface area contributed by atoms with Crippen molar-refractivity contribution in [1.29, 1.82) is 0 Å². The van der Waals surface area contributed by atoms with Crippen LogP contribution in [0.4, 0.5) is 0 Å². The lowest BCUT2D eigenvalue weighted by Gasteiger charge is -2.44. The predicted octanol–water partition coefficient (Wildman–Crippen LogP) is 0.958. The van der Waals surface area contributed by atoms with E-state index in [4.69, 9.17) is 23.0 Å². The van der Waals surface area contributed by atoms with Gasteiger partial charge in [-0.05, 0) is 24.5 Å².